The van der Waals surface area contributed by atoms with Gasteiger partial charge in [-0.15, -0.1) is 0 Å². The summed E-state index contributed by atoms with van der Waals surface area (Å²) < 4.78 is 17.7. The summed E-state index contributed by atoms with van der Waals surface area (Å²) in [6.45, 7) is 4.90. The Hall–Kier alpha value is -3.29. The molecule has 34 heavy (non-hydrogen) atoms. The number of nitrogens with one attached hydrogen (secondary N) is 1. The first-order valence-corrected chi connectivity index (χ1v) is 11.8. The highest BCUT2D eigenvalue weighted by molar-refractivity contribution is 9.10. The van der Waals surface area contributed by atoms with Gasteiger partial charge in [-0.05, 0) is 77.3 Å². The van der Waals surface area contributed by atoms with Crippen molar-refractivity contribution in [2.24, 2.45) is 5.10 Å². The minimum atomic E-state index is -0.464. The van der Waals surface area contributed by atoms with Crippen LogP contribution in [0, 0.1) is 6.92 Å². The number of carbonyl (C=O) groups excluding carboxylic acids is 1. The fourth-order valence-electron chi connectivity index (χ4n) is 3.36. The van der Waals surface area contributed by atoms with E-state index in [1.165, 1.54) is 6.21 Å². The zero-order valence-corrected chi connectivity index (χ0v) is 20.9. The third-order valence-corrected chi connectivity index (χ3v) is 5.76. The number of ether oxygens (including phenoxy) is 2. The fraction of sp³-hybridized carbons (Fsp3) is 0.154. The molecule has 0 radical (unpaired) electrons. The van der Waals surface area contributed by atoms with E-state index >= 15 is 0 Å². The van der Waals surface area contributed by atoms with Crippen molar-refractivity contribution < 1.29 is 18.7 Å². The molecule has 3 aromatic carbocycles. The number of nitrogens with zero attached hydrogens (tertiary/aromatic N) is 1. The molecular formula is C26H22BrClN2O4. The number of carbonyl (C=O) groups is 1. The Morgan fingerprint density at radius 2 is 2.00 bits per heavy atom. The van der Waals surface area contributed by atoms with Crippen LogP contribution in [0.15, 0.2) is 74.7 Å². The van der Waals surface area contributed by atoms with Crippen molar-refractivity contribution in [2.75, 3.05) is 6.61 Å². The Morgan fingerprint density at radius 1 is 1.15 bits per heavy atom. The van der Waals surface area contributed by atoms with E-state index in [9.17, 15) is 4.79 Å². The van der Waals surface area contributed by atoms with Gasteiger partial charge in [0.2, 0.25) is 0 Å². The molecule has 4 rings (SSSR count). The van der Waals surface area contributed by atoms with Crippen molar-refractivity contribution in [3.63, 3.8) is 0 Å². The Labute approximate surface area is 210 Å². The molecule has 1 aromatic heterocycles. The maximum Gasteiger partial charge on any atom is 0.307 e. The molecule has 0 spiro atoms. The molecule has 174 valence electrons. The van der Waals surface area contributed by atoms with Gasteiger partial charge in [-0.2, -0.15) is 5.10 Å². The number of aryl methyl sites for hydroxylation is 1. The van der Waals surface area contributed by atoms with Crippen molar-refractivity contribution in [1.29, 1.82) is 0 Å². The van der Waals surface area contributed by atoms with Crippen molar-refractivity contribution in [3.05, 3.63) is 92.6 Å². The molecule has 8 heteroatoms. The lowest BCUT2D eigenvalue weighted by molar-refractivity contribution is 0.0929. The van der Waals surface area contributed by atoms with Crippen molar-refractivity contribution in [2.45, 2.75) is 20.5 Å². The lowest BCUT2D eigenvalue weighted by Gasteiger charge is -2.11. The third-order valence-electron chi connectivity index (χ3n) is 4.89. The van der Waals surface area contributed by atoms with E-state index in [0.29, 0.717) is 39.6 Å². The standard InChI is InChI=1S/C26H22BrClN2O4/c1-3-32-20-7-8-23-19(12-20)13-24(34-23)26(31)30-29-14-18-10-21(27)25(22(28)11-18)33-15-17-6-4-5-16(2)9-17/h4-14H,3,15H2,1-2H3,(H,30,31)/b29-14+. The molecule has 0 fully saturated rings. The zero-order valence-electron chi connectivity index (χ0n) is 18.6. The maximum atomic E-state index is 12.4. The minimum absolute atomic E-state index is 0.153. The van der Waals surface area contributed by atoms with Crippen LogP contribution in [-0.4, -0.2) is 18.7 Å². The third kappa shape index (κ3) is 5.79. The van der Waals surface area contributed by atoms with E-state index in [4.69, 9.17) is 25.5 Å². The molecule has 1 amide bonds. The highest BCUT2D eigenvalue weighted by Crippen LogP contribution is 2.34. The van der Waals surface area contributed by atoms with E-state index in [1.807, 2.05) is 44.2 Å². The van der Waals surface area contributed by atoms with Crippen LogP contribution in [0.4, 0.5) is 0 Å². The largest absolute Gasteiger partial charge is 0.494 e. The van der Waals surface area contributed by atoms with Crippen LogP contribution in [0.25, 0.3) is 11.0 Å². The topological polar surface area (TPSA) is 73.1 Å². The average molecular weight is 542 g/mol. The lowest BCUT2D eigenvalue weighted by Crippen LogP contribution is -2.16. The highest BCUT2D eigenvalue weighted by atomic mass is 79.9. The van der Waals surface area contributed by atoms with Gasteiger partial charge in [0.05, 0.1) is 22.3 Å². The molecule has 0 unspecified atom stereocenters. The second kappa shape index (κ2) is 10.8. The van der Waals surface area contributed by atoms with Gasteiger partial charge in [0.1, 0.15) is 17.9 Å². The van der Waals surface area contributed by atoms with Gasteiger partial charge in [-0.3, -0.25) is 4.79 Å². The van der Waals surface area contributed by atoms with Crippen LogP contribution in [0.5, 0.6) is 11.5 Å². The fourth-order valence-corrected chi connectivity index (χ4v) is 4.35. The van der Waals surface area contributed by atoms with Crippen LogP contribution >= 0.6 is 27.5 Å². The molecule has 0 saturated carbocycles. The van der Waals surface area contributed by atoms with Crippen LogP contribution in [0.2, 0.25) is 5.02 Å². The minimum Gasteiger partial charge on any atom is -0.494 e. The van der Waals surface area contributed by atoms with Crippen LogP contribution in [0.1, 0.15) is 34.2 Å². The molecule has 0 bridgehead atoms. The number of benzene rings is 3. The van der Waals surface area contributed by atoms with Gasteiger partial charge >= 0.3 is 5.91 Å². The van der Waals surface area contributed by atoms with Gasteiger partial charge in [-0.1, -0.05) is 41.4 Å². The van der Waals surface area contributed by atoms with Gasteiger partial charge in [0.25, 0.3) is 0 Å². The summed E-state index contributed by atoms with van der Waals surface area (Å²) >= 11 is 9.92. The van der Waals surface area contributed by atoms with Gasteiger partial charge in [0.15, 0.2) is 11.5 Å². The summed E-state index contributed by atoms with van der Waals surface area (Å²) in [6, 6.07) is 18.6. The summed E-state index contributed by atoms with van der Waals surface area (Å²) in [5.41, 5.74) is 5.96. The SMILES string of the molecule is CCOc1ccc2oc(C(=O)N/N=C/c3cc(Cl)c(OCc4cccc(C)c4)c(Br)c3)cc2c1. The maximum absolute atomic E-state index is 12.4. The number of hydrogen-bond acceptors (Lipinski definition) is 5. The number of furan rings is 1. The van der Waals surface area contributed by atoms with Gasteiger partial charge in [0, 0.05) is 5.39 Å². The number of hydrazone groups is 1. The molecule has 0 saturated heterocycles. The van der Waals surface area contributed by atoms with Crippen LogP contribution in [-0.2, 0) is 6.61 Å². The first kappa shape index (κ1) is 23.9. The second-order valence-electron chi connectivity index (χ2n) is 7.53. The number of halogens is 2. The van der Waals surface area contributed by atoms with Crippen molar-refractivity contribution >= 4 is 50.6 Å². The summed E-state index contributed by atoms with van der Waals surface area (Å²) in [4.78, 5) is 12.4. The number of rotatable bonds is 8. The molecular weight excluding hydrogens is 520 g/mol. The predicted molar refractivity (Wildman–Crippen MR) is 137 cm³/mol. The first-order valence-electron chi connectivity index (χ1n) is 10.6. The van der Waals surface area contributed by atoms with Crippen LogP contribution in [0.3, 0.4) is 0 Å². The number of amides is 1. The zero-order chi connectivity index (χ0) is 24.1. The molecule has 0 aliphatic carbocycles. The first-order chi connectivity index (χ1) is 16.4. The second-order valence-corrected chi connectivity index (χ2v) is 8.80. The smallest absolute Gasteiger partial charge is 0.307 e. The quantitative estimate of drug-likeness (QED) is 0.195. The summed E-state index contributed by atoms with van der Waals surface area (Å²) in [7, 11) is 0. The van der Waals surface area contributed by atoms with Gasteiger partial charge < -0.3 is 13.9 Å². The summed E-state index contributed by atoms with van der Waals surface area (Å²) in [5.74, 6) is 0.946. The van der Waals surface area contributed by atoms with E-state index in [1.54, 1.807) is 24.3 Å². The molecule has 1 N–H and O–H groups in total. The summed E-state index contributed by atoms with van der Waals surface area (Å²) in [6.07, 6.45) is 1.49. The van der Waals surface area contributed by atoms with Crippen molar-refractivity contribution in [3.8, 4) is 11.5 Å². The molecule has 0 atom stereocenters. The van der Waals surface area contributed by atoms with E-state index in [2.05, 4.69) is 32.5 Å². The monoisotopic (exact) mass is 540 g/mol. The highest BCUT2D eigenvalue weighted by Gasteiger charge is 2.13. The van der Waals surface area contributed by atoms with Crippen LogP contribution < -0.4 is 14.9 Å². The molecule has 4 aromatic rings. The average Bonchev–Trinajstić information content (AvgIpc) is 3.22. The molecule has 0 aliphatic heterocycles. The molecule has 0 aliphatic rings. The van der Waals surface area contributed by atoms with E-state index in [-0.39, 0.29) is 5.76 Å². The summed E-state index contributed by atoms with van der Waals surface area (Å²) in [5, 5.41) is 5.22. The Kier molecular flexibility index (Phi) is 7.55. The normalized spacial score (nSPS) is 11.2. The Balaban J connectivity index is 1.40. The predicted octanol–water partition coefficient (Wildman–Crippen LogP) is 6.90. The Morgan fingerprint density at radius 3 is 2.76 bits per heavy atom. The molecule has 1 heterocycles. The Bertz CT molecular complexity index is 1340. The van der Waals surface area contributed by atoms with Crippen molar-refractivity contribution in [1.82, 2.24) is 5.43 Å². The molecule has 6 nitrogen and oxygen atoms in total. The number of hydrogen-bond donors (Lipinski definition) is 1. The lowest BCUT2D eigenvalue weighted by atomic mass is 10.1. The van der Waals surface area contributed by atoms with E-state index in [0.717, 1.165) is 22.3 Å². The van der Waals surface area contributed by atoms with Gasteiger partial charge in [-0.25, -0.2) is 5.43 Å². The number of fused-ring (bicyclic) bond motifs is 1. The van der Waals surface area contributed by atoms with E-state index < -0.39 is 5.91 Å².